The Morgan fingerprint density at radius 1 is 1.28 bits per heavy atom. The number of halogens is 1. The lowest BCUT2D eigenvalue weighted by molar-refractivity contribution is -0.126. The first-order valence-electron chi connectivity index (χ1n) is 7.91. The third-order valence-electron chi connectivity index (χ3n) is 4.30. The second-order valence-corrected chi connectivity index (χ2v) is 6.20. The lowest BCUT2D eigenvalue weighted by Crippen LogP contribution is -2.36. The number of aromatic amines is 1. The first kappa shape index (κ1) is 16.9. The summed E-state index contributed by atoms with van der Waals surface area (Å²) < 4.78 is 13.4. The van der Waals surface area contributed by atoms with Crippen molar-refractivity contribution in [2.24, 2.45) is 0 Å². The predicted octanol–water partition coefficient (Wildman–Crippen LogP) is 1.87. The smallest absolute Gasteiger partial charge is 0.253 e. The molecular weight excluding hydrogens is 325 g/mol. The molecule has 1 atom stereocenters. The summed E-state index contributed by atoms with van der Waals surface area (Å²) in [5.41, 5.74) is 2.62. The van der Waals surface area contributed by atoms with Gasteiger partial charge in [0.05, 0.1) is 5.92 Å². The molecule has 3 N–H and O–H groups in total. The molecule has 0 radical (unpaired) electrons. The number of benzene rings is 1. The third-order valence-corrected chi connectivity index (χ3v) is 4.30. The molecule has 130 valence electrons. The van der Waals surface area contributed by atoms with Crippen LogP contribution < -0.4 is 16.2 Å². The van der Waals surface area contributed by atoms with E-state index in [2.05, 4.69) is 15.6 Å². The summed E-state index contributed by atoms with van der Waals surface area (Å²) in [7, 11) is 0. The Morgan fingerprint density at radius 3 is 2.76 bits per heavy atom. The maximum Gasteiger partial charge on any atom is 0.253 e. The van der Waals surface area contributed by atoms with Crippen molar-refractivity contribution in [3.05, 3.63) is 62.8 Å². The van der Waals surface area contributed by atoms with Crippen molar-refractivity contribution in [1.82, 2.24) is 10.3 Å². The number of aromatic nitrogens is 1. The summed E-state index contributed by atoms with van der Waals surface area (Å²) in [6.45, 7) is 3.65. The molecule has 0 saturated heterocycles. The zero-order chi connectivity index (χ0) is 18.1. The summed E-state index contributed by atoms with van der Waals surface area (Å²) in [6.07, 6.45) is -0.0201. The van der Waals surface area contributed by atoms with Gasteiger partial charge in [0.1, 0.15) is 5.82 Å². The summed E-state index contributed by atoms with van der Waals surface area (Å²) in [5, 5.41) is 5.28. The minimum absolute atomic E-state index is 0.0201. The lowest BCUT2D eigenvalue weighted by atomic mass is 9.89. The minimum atomic E-state index is -0.714. The topological polar surface area (TPSA) is 91.1 Å². The Labute approximate surface area is 143 Å². The largest absolute Gasteiger partial charge is 0.351 e. The van der Waals surface area contributed by atoms with Crippen LogP contribution in [0.15, 0.2) is 29.1 Å². The molecule has 2 amide bonds. The van der Waals surface area contributed by atoms with Gasteiger partial charge in [-0.1, -0.05) is 6.07 Å². The highest BCUT2D eigenvalue weighted by molar-refractivity contribution is 6.01. The summed E-state index contributed by atoms with van der Waals surface area (Å²) in [5.74, 6) is -1.92. The van der Waals surface area contributed by atoms with Crippen molar-refractivity contribution >= 4 is 17.5 Å². The molecule has 0 fully saturated rings. The zero-order valence-corrected chi connectivity index (χ0v) is 13.9. The zero-order valence-electron chi connectivity index (χ0n) is 13.9. The molecule has 2 heterocycles. The average molecular weight is 343 g/mol. The van der Waals surface area contributed by atoms with Gasteiger partial charge in [0.15, 0.2) is 0 Å². The van der Waals surface area contributed by atoms with E-state index in [1.54, 1.807) is 13.8 Å². The van der Waals surface area contributed by atoms with Crippen molar-refractivity contribution < 1.29 is 14.0 Å². The molecule has 7 heteroatoms. The van der Waals surface area contributed by atoms with E-state index in [0.717, 1.165) is 11.3 Å². The van der Waals surface area contributed by atoms with E-state index in [1.807, 2.05) is 6.07 Å². The molecule has 1 aliphatic rings. The number of fused-ring (bicyclic) bond motifs is 1. The Hall–Kier alpha value is -2.96. The number of H-pyrrole nitrogens is 1. The third kappa shape index (κ3) is 3.45. The number of hydrogen-bond acceptors (Lipinski definition) is 3. The molecular formula is C18H18FN3O3. The fourth-order valence-corrected chi connectivity index (χ4v) is 3.07. The predicted molar refractivity (Wildman–Crippen MR) is 90.8 cm³/mol. The van der Waals surface area contributed by atoms with Gasteiger partial charge in [-0.25, -0.2) is 4.39 Å². The van der Waals surface area contributed by atoms with Crippen molar-refractivity contribution in [2.45, 2.75) is 32.7 Å². The van der Waals surface area contributed by atoms with Crippen LogP contribution in [0.5, 0.6) is 0 Å². The van der Waals surface area contributed by atoms with Gasteiger partial charge in [0, 0.05) is 29.9 Å². The van der Waals surface area contributed by atoms with Crippen molar-refractivity contribution in [3.63, 3.8) is 0 Å². The molecule has 0 spiro atoms. The summed E-state index contributed by atoms with van der Waals surface area (Å²) in [6, 6.07) is 5.78. The molecule has 0 unspecified atom stereocenters. The molecule has 25 heavy (non-hydrogen) atoms. The Morgan fingerprint density at radius 2 is 2.04 bits per heavy atom. The molecule has 0 saturated carbocycles. The minimum Gasteiger partial charge on any atom is -0.351 e. The van der Waals surface area contributed by atoms with Crippen LogP contribution in [0.1, 0.15) is 34.7 Å². The van der Waals surface area contributed by atoms with Gasteiger partial charge in [-0.05, 0) is 43.2 Å². The Kier molecular flexibility index (Phi) is 4.39. The van der Waals surface area contributed by atoms with Crippen LogP contribution in [-0.4, -0.2) is 16.8 Å². The van der Waals surface area contributed by atoms with Gasteiger partial charge in [-0.15, -0.1) is 0 Å². The van der Waals surface area contributed by atoms with Crippen LogP contribution in [0, 0.1) is 19.7 Å². The number of nitrogens with one attached hydrogen (secondary N) is 3. The van der Waals surface area contributed by atoms with Gasteiger partial charge in [0.25, 0.3) is 5.56 Å². The normalized spacial score (nSPS) is 16.1. The van der Waals surface area contributed by atoms with Gasteiger partial charge < -0.3 is 15.6 Å². The highest BCUT2D eigenvalue weighted by Gasteiger charge is 2.30. The molecule has 3 rings (SSSR count). The van der Waals surface area contributed by atoms with E-state index in [0.29, 0.717) is 16.8 Å². The number of hydrogen-bond donors (Lipinski definition) is 3. The van der Waals surface area contributed by atoms with E-state index in [1.165, 1.54) is 18.2 Å². The molecule has 0 aliphatic carbocycles. The van der Waals surface area contributed by atoms with E-state index in [9.17, 15) is 18.8 Å². The number of rotatable bonds is 3. The first-order chi connectivity index (χ1) is 11.8. The maximum absolute atomic E-state index is 13.4. The van der Waals surface area contributed by atoms with Gasteiger partial charge in [-0.2, -0.15) is 0 Å². The fourth-order valence-electron chi connectivity index (χ4n) is 3.07. The van der Waals surface area contributed by atoms with E-state index in [-0.39, 0.29) is 30.3 Å². The lowest BCUT2D eigenvalue weighted by Gasteiger charge is -2.25. The molecule has 2 aromatic rings. The van der Waals surface area contributed by atoms with Crippen LogP contribution in [0.25, 0.3) is 0 Å². The second-order valence-electron chi connectivity index (χ2n) is 6.20. The standard InChI is InChI=1S/C18H18FN3O3/c1-9-5-10(2)21-18(25)14(9)8-20-17(24)13-7-16(23)22-15-6-11(19)3-4-12(13)15/h3-6,13H,7-8H2,1-2H3,(H,20,24)(H,21,25)(H,22,23)/t13-/m1/s1. The van der Waals surface area contributed by atoms with E-state index >= 15 is 0 Å². The summed E-state index contributed by atoms with van der Waals surface area (Å²) >= 11 is 0. The number of amides is 2. The van der Waals surface area contributed by atoms with Crippen LogP contribution in [0.2, 0.25) is 0 Å². The number of anilines is 1. The van der Waals surface area contributed by atoms with Crippen LogP contribution in [0.3, 0.4) is 0 Å². The van der Waals surface area contributed by atoms with Crippen LogP contribution >= 0.6 is 0 Å². The molecule has 1 aliphatic heterocycles. The highest BCUT2D eigenvalue weighted by atomic mass is 19.1. The number of carbonyl (C=O) groups is 2. The summed E-state index contributed by atoms with van der Waals surface area (Å²) in [4.78, 5) is 39.1. The fraction of sp³-hybridized carbons (Fsp3) is 0.278. The van der Waals surface area contributed by atoms with E-state index in [4.69, 9.17) is 0 Å². The second kappa shape index (κ2) is 6.51. The molecule has 1 aromatic heterocycles. The van der Waals surface area contributed by atoms with Gasteiger partial charge in [0.2, 0.25) is 11.8 Å². The van der Waals surface area contributed by atoms with Gasteiger partial charge in [-0.3, -0.25) is 14.4 Å². The maximum atomic E-state index is 13.4. The molecule has 6 nitrogen and oxygen atoms in total. The number of aryl methyl sites for hydroxylation is 2. The van der Waals surface area contributed by atoms with E-state index < -0.39 is 11.7 Å². The monoisotopic (exact) mass is 343 g/mol. The van der Waals surface area contributed by atoms with Crippen molar-refractivity contribution in [2.75, 3.05) is 5.32 Å². The SMILES string of the molecule is Cc1cc(C)c(CNC(=O)[C@@H]2CC(=O)Nc3cc(F)ccc32)c(=O)[nH]1. The number of carbonyl (C=O) groups excluding carboxylic acids is 2. The molecule has 0 bridgehead atoms. The van der Waals surface area contributed by atoms with Crippen LogP contribution in [0.4, 0.5) is 10.1 Å². The van der Waals surface area contributed by atoms with Crippen molar-refractivity contribution in [3.8, 4) is 0 Å². The first-order valence-corrected chi connectivity index (χ1v) is 7.91. The van der Waals surface area contributed by atoms with Crippen molar-refractivity contribution in [1.29, 1.82) is 0 Å². The molecule has 1 aromatic carbocycles. The Balaban J connectivity index is 1.81. The quantitative estimate of drug-likeness (QED) is 0.795. The number of pyridine rings is 1. The van der Waals surface area contributed by atoms with Gasteiger partial charge >= 0.3 is 0 Å². The van der Waals surface area contributed by atoms with Crippen LogP contribution in [-0.2, 0) is 16.1 Å². The Bertz CT molecular complexity index is 920. The average Bonchev–Trinajstić information content (AvgIpc) is 2.52. The highest BCUT2D eigenvalue weighted by Crippen LogP contribution is 2.32.